The van der Waals surface area contributed by atoms with E-state index in [1.807, 2.05) is 24.3 Å². The molecule has 8 nitrogen and oxygen atoms in total. The second kappa shape index (κ2) is 6.67. The van der Waals surface area contributed by atoms with Crippen molar-refractivity contribution in [1.29, 1.82) is 0 Å². The lowest BCUT2D eigenvalue weighted by Crippen LogP contribution is -2.51. The number of carbonyl (C=O) groups is 1. The Bertz CT molecular complexity index is 1160. The number of piperidine rings is 1. The third-order valence-electron chi connectivity index (χ3n) is 7.03. The first-order valence-electron chi connectivity index (χ1n) is 11.1. The van der Waals surface area contributed by atoms with Crippen molar-refractivity contribution in [2.24, 2.45) is 0 Å². The molecule has 4 heterocycles. The van der Waals surface area contributed by atoms with E-state index in [4.69, 9.17) is 4.74 Å². The van der Waals surface area contributed by atoms with E-state index in [2.05, 4.69) is 37.3 Å². The van der Waals surface area contributed by atoms with Gasteiger partial charge in [0, 0.05) is 36.5 Å². The highest BCUT2D eigenvalue weighted by atomic mass is 16.5. The van der Waals surface area contributed by atoms with Crippen molar-refractivity contribution in [3.8, 4) is 17.1 Å². The summed E-state index contributed by atoms with van der Waals surface area (Å²) in [4.78, 5) is 23.0. The summed E-state index contributed by atoms with van der Waals surface area (Å²) in [6.07, 6.45) is 7.29. The number of ether oxygens (including phenoxy) is 1. The quantitative estimate of drug-likeness (QED) is 0.676. The van der Waals surface area contributed by atoms with E-state index in [1.165, 1.54) is 0 Å². The average Bonchev–Trinajstić information content (AvgIpc) is 3.18. The summed E-state index contributed by atoms with van der Waals surface area (Å²) in [5, 5.41) is 11.8. The first-order valence-corrected chi connectivity index (χ1v) is 11.1. The lowest BCUT2D eigenvalue weighted by molar-refractivity contribution is -0.119. The van der Waals surface area contributed by atoms with Gasteiger partial charge in [0.05, 0.1) is 11.2 Å². The Kier molecular flexibility index (Phi) is 4.00. The number of aromatic nitrogens is 4. The fourth-order valence-corrected chi connectivity index (χ4v) is 4.78. The molecule has 3 aromatic rings. The number of nitrogens with zero attached hydrogens (tertiary/aromatic N) is 4. The molecule has 0 bridgehead atoms. The number of H-pyrrole nitrogens is 1. The monoisotopic (exact) mass is 418 g/mol. The van der Waals surface area contributed by atoms with E-state index < -0.39 is 0 Å². The molecular weight excluding hydrogens is 392 g/mol. The van der Waals surface area contributed by atoms with Crippen LogP contribution >= 0.6 is 0 Å². The summed E-state index contributed by atoms with van der Waals surface area (Å²) in [6.45, 7) is 3.88. The van der Waals surface area contributed by atoms with Crippen molar-refractivity contribution >= 4 is 22.6 Å². The molecule has 1 saturated carbocycles. The van der Waals surface area contributed by atoms with Crippen LogP contribution < -0.4 is 15.0 Å². The van der Waals surface area contributed by atoms with Crippen LogP contribution in [0.5, 0.6) is 5.75 Å². The Hall–Kier alpha value is -3.16. The molecule has 2 N–H and O–H groups in total. The van der Waals surface area contributed by atoms with Crippen LogP contribution in [0, 0.1) is 0 Å². The number of fused-ring (bicyclic) bond motifs is 1. The Morgan fingerprint density at radius 3 is 2.65 bits per heavy atom. The maximum absolute atomic E-state index is 11.7. The Morgan fingerprint density at radius 2 is 1.90 bits per heavy atom. The van der Waals surface area contributed by atoms with Gasteiger partial charge in [0.25, 0.3) is 0 Å². The molecular formula is C23H26N6O2. The zero-order valence-corrected chi connectivity index (χ0v) is 17.6. The van der Waals surface area contributed by atoms with Crippen molar-refractivity contribution < 1.29 is 9.53 Å². The number of aromatic amines is 1. The molecule has 6 rings (SSSR count). The van der Waals surface area contributed by atoms with Gasteiger partial charge >= 0.3 is 0 Å². The normalized spacial score (nSPS) is 21.5. The maximum Gasteiger partial charge on any atom is 0.220 e. The standard InChI is InChI=1S/C23H26N6O2/c1-22(6-7-22)31-15-2-3-17-16(12-15)21(28-27-17)18-13-19(25-14-24-18)29-10-8-23(9-11-29)5-4-20(30)26-23/h2-3,12-14H,4-11H2,1H3,(H,26,30)(H,27,28). The molecule has 3 fully saturated rings. The molecule has 0 radical (unpaired) electrons. The fourth-order valence-electron chi connectivity index (χ4n) is 4.78. The smallest absolute Gasteiger partial charge is 0.220 e. The van der Waals surface area contributed by atoms with Crippen LogP contribution in [0.1, 0.15) is 45.4 Å². The van der Waals surface area contributed by atoms with Gasteiger partial charge in [0.1, 0.15) is 29.2 Å². The van der Waals surface area contributed by atoms with E-state index in [0.717, 1.165) is 79.1 Å². The average molecular weight is 419 g/mol. The maximum atomic E-state index is 11.7. The van der Waals surface area contributed by atoms with E-state index >= 15 is 0 Å². The van der Waals surface area contributed by atoms with Gasteiger partial charge in [-0.15, -0.1) is 0 Å². The molecule has 8 heteroatoms. The Morgan fingerprint density at radius 1 is 1.06 bits per heavy atom. The van der Waals surface area contributed by atoms with E-state index in [9.17, 15) is 4.79 Å². The van der Waals surface area contributed by atoms with E-state index in [0.29, 0.717) is 6.42 Å². The second-order valence-corrected chi connectivity index (χ2v) is 9.41. The topological polar surface area (TPSA) is 96.0 Å². The van der Waals surface area contributed by atoms with Crippen molar-refractivity contribution in [3.05, 3.63) is 30.6 Å². The van der Waals surface area contributed by atoms with Crippen molar-refractivity contribution in [3.63, 3.8) is 0 Å². The number of nitrogens with one attached hydrogen (secondary N) is 2. The number of hydrogen-bond donors (Lipinski definition) is 2. The van der Waals surface area contributed by atoms with Gasteiger partial charge in [-0.05, 0) is 57.2 Å². The van der Waals surface area contributed by atoms with Crippen LogP contribution in [-0.2, 0) is 4.79 Å². The van der Waals surface area contributed by atoms with Crippen molar-refractivity contribution in [2.45, 2.75) is 56.6 Å². The third-order valence-corrected chi connectivity index (χ3v) is 7.03. The highest BCUT2D eigenvalue weighted by molar-refractivity contribution is 5.93. The minimum absolute atomic E-state index is 0.0174. The van der Waals surface area contributed by atoms with Crippen LogP contribution in [0.3, 0.4) is 0 Å². The molecule has 1 aromatic carbocycles. The molecule has 1 aliphatic carbocycles. The first kappa shape index (κ1) is 18.6. The summed E-state index contributed by atoms with van der Waals surface area (Å²) in [5.74, 6) is 1.95. The fraction of sp³-hybridized carbons (Fsp3) is 0.478. The molecule has 0 unspecified atom stereocenters. The van der Waals surface area contributed by atoms with Gasteiger partial charge in [-0.3, -0.25) is 9.89 Å². The molecule has 1 amide bonds. The Labute approximate surface area is 180 Å². The van der Waals surface area contributed by atoms with E-state index in [1.54, 1.807) is 6.33 Å². The summed E-state index contributed by atoms with van der Waals surface area (Å²) in [7, 11) is 0. The molecule has 31 heavy (non-hydrogen) atoms. The molecule has 2 aliphatic heterocycles. The van der Waals surface area contributed by atoms with Crippen molar-refractivity contribution in [2.75, 3.05) is 18.0 Å². The highest BCUT2D eigenvalue weighted by Gasteiger charge is 2.41. The van der Waals surface area contributed by atoms with Crippen LogP contribution in [0.15, 0.2) is 30.6 Å². The first-order chi connectivity index (χ1) is 15.0. The van der Waals surface area contributed by atoms with Crippen molar-refractivity contribution in [1.82, 2.24) is 25.5 Å². The lowest BCUT2D eigenvalue weighted by Gasteiger charge is -2.39. The summed E-state index contributed by atoms with van der Waals surface area (Å²) >= 11 is 0. The predicted octanol–water partition coefficient (Wildman–Crippen LogP) is 3.20. The van der Waals surface area contributed by atoms with Crippen LogP contribution in [0.2, 0.25) is 0 Å². The largest absolute Gasteiger partial charge is 0.488 e. The number of benzene rings is 1. The molecule has 2 saturated heterocycles. The third kappa shape index (κ3) is 3.40. The SMILES string of the molecule is CC1(Oc2ccc3[nH]nc(-c4cc(N5CCC6(CCC(=O)N6)CC5)ncn4)c3c2)CC1. The predicted molar refractivity (Wildman–Crippen MR) is 117 cm³/mol. The van der Waals surface area contributed by atoms with Gasteiger partial charge in [-0.25, -0.2) is 9.97 Å². The van der Waals surface area contributed by atoms with Gasteiger partial charge < -0.3 is 15.0 Å². The Balaban J connectivity index is 1.26. The van der Waals surface area contributed by atoms with Crippen LogP contribution in [0.4, 0.5) is 5.82 Å². The molecule has 0 atom stereocenters. The second-order valence-electron chi connectivity index (χ2n) is 9.41. The van der Waals surface area contributed by atoms with Crippen LogP contribution in [-0.4, -0.2) is 50.3 Å². The summed E-state index contributed by atoms with van der Waals surface area (Å²) in [6, 6.07) is 8.06. The number of carbonyl (C=O) groups excluding carboxylic acids is 1. The number of amides is 1. The number of rotatable bonds is 4. The minimum atomic E-state index is -0.0237. The summed E-state index contributed by atoms with van der Waals surface area (Å²) in [5.41, 5.74) is 2.52. The van der Waals surface area contributed by atoms with E-state index in [-0.39, 0.29) is 17.0 Å². The van der Waals surface area contributed by atoms with Gasteiger partial charge in [-0.2, -0.15) is 5.10 Å². The van der Waals surface area contributed by atoms with Gasteiger partial charge in [-0.1, -0.05) is 0 Å². The molecule has 2 aromatic heterocycles. The molecule has 1 spiro atoms. The molecule has 3 aliphatic rings. The minimum Gasteiger partial charge on any atom is -0.488 e. The highest BCUT2D eigenvalue weighted by Crippen LogP contribution is 2.40. The van der Waals surface area contributed by atoms with Gasteiger partial charge in [0.15, 0.2) is 0 Å². The zero-order valence-electron chi connectivity index (χ0n) is 17.6. The van der Waals surface area contributed by atoms with Gasteiger partial charge in [0.2, 0.25) is 5.91 Å². The zero-order chi connectivity index (χ0) is 21.1. The van der Waals surface area contributed by atoms with Crippen LogP contribution in [0.25, 0.3) is 22.3 Å². The lowest BCUT2D eigenvalue weighted by atomic mass is 9.86. The summed E-state index contributed by atoms with van der Waals surface area (Å²) < 4.78 is 6.14. The number of anilines is 1. The number of hydrogen-bond acceptors (Lipinski definition) is 6. The molecule has 160 valence electrons.